The molecule has 2 heterocycles. The number of aromatic amines is 1. The summed E-state index contributed by atoms with van der Waals surface area (Å²) in [5.41, 5.74) is 9.14. The molecule has 4 rings (SSSR count). The Labute approximate surface area is 187 Å². The molecule has 0 unspecified atom stereocenters. The molecule has 2 aliphatic rings. The number of carbonyl (C=O) groups excluding carboxylic acids is 1. The minimum absolute atomic E-state index is 0.00669. The Morgan fingerprint density at radius 1 is 1.19 bits per heavy atom. The van der Waals surface area contributed by atoms with E-state index < -0.39 is 0 Å². The average molecular weight is 438 g/mol. The van der Waals surface area contributed by atoms with Crippen LogP contribution in [0.2, 0.25) is 0 Å². The van der Waals surface area contributed by atoms with Gasteiger partial charge in [-0.15, -0.1) is 0 Å². The van der Waals surface area contributed by atoms with Crippen molar-refractivity contribution < 1.29 is 9.53 Å². The second kappa shape index (κ2) is 9.99. The number of nitrogens with zero attached hydrogens (tertiary/aromatic N) is 2. The summed E-state index contributed by atoms with van der Waals surface area (Å²) in [5, 5.41) is 3.49. The van der Waals surface area contributed by atoms with Crippen molar-refractivity contribution in [2.45, 2.75) is 45.1 Å². The van der Waals surface area contributed by atoms with Gasteiger partial charge < -0.3 is 25.7 Å². The lowest BCUT2D eigenvalue weighted by molar-refractivity contribution is 0.0302. The van der Waals surface area contributed by atoms with Crippen molar-refractivity contribution in [3.63, 3.8) is 0 Å². The van der Waals surface area contributed by atoms with Gasteiger partial charge in [0, 0.05) is 30.9 Å². The number of hydrogen-bond acceptors (Lipinski definition) is 5. The number of pyridine rings is 1. The zero-order valence-electron chi connectivity index (χ0n) is 18.5. The summed E-state index contributed by atoms with van der Waals surface area (Å²) in [6.45, 7) is 4.20. The fourth-order valence-corrected chi connectivity index (χ4v) is 4.41. The van der Waals surface area contributed by atoms with E-state index in [1.807, 2.05) is 19.1 Å². The second-order valence-electron chi connectivity index (χ2n) is 8.48. The molecule has 0 spiro atoms. The second-order valence-corrected chi connectivity index (χ2v) is 8.48. The molecule has 170 valence electrons. The van der Waals surface area contributed by atoms with Crippen molar-refractivity contribution in [3.8, 4) is 0 Å². The lowest BCUT2D eigenvalue weighted by Gasteiger charge is -2.27. The highest BCUT2D eigenvalue weighted by atomic mass is 16.5. The van der Waals surface area contributed by atoms with E-state index in [9.17, 15) is 9.59 Å². The molecule has 0 radical (unpaired) electrons. The van der Waals surface area contributed by atoms with Crippen molar-refractivity contribution in [2.24, 2.45) is 10.7 Å². The van der Waals surface area contributed by atoms with Gasteiger partial charge in [-0.05, 0) is 49.6 Å². The number of aryl methyl sites for hydroxylation is 1. The fourth-order valence-electron chi connectivity index (χ4n) is 4.41. The number of hydrogen-bond donors (Lipinski definition) is 3. The summed E-state index contributed by atoms with van der Waals surface area (Å²) in [6.07, 6.45) is 7.43. The SMILES string of the molecule is Cc1cc(N=C(N)c2c(NC3CCCCC3)cc[nH]c2=O)ccc1C(=O)N1CCOCC1. The minimum atomic E-state index is -0.275. The Kier molecular flexibility index (Phi) is 6.90. The van der Waals surface area contributed by atoms with Crippen molar-refractivity contribution in [1.82, 2.24) is 9.88 Å². The van der Waals surface area contributed by atoms with Gasteiger partial charge in [0.15, 0.2) is 0 Å². The molecule has 1 aliphatic heterocycles. The van der Waals surface area contributed by atoms with Crippen LogP contribution in [0, 0.1) is 6.92 Å². The van der Waals surface area contributed by atoms with E-state index in [1.54, 1.807) is 23.2 Å². The number of amidine groups is 1. The highest BCUT2D eigenvalue weighted by Gasteiger charge is 2.21. The van der Waals surface area contributed by atoms with Crippen LogP contribution in [0.4, 0.5) is 11.4 Å². The summed E-state index contributed by atoms with van der Waals surface area (Å²) in [7, 11) is 0. The summed E-state index contributed by atoms with van der Waals surface area (Å²) < 4.78 is 5.33. The Morgan fingerprint density at radius 2 is 1.94 bits per heavy atom. The van der Waals surface area contributed by atoms with E-state index in [0.29, 0.717) is 54.8 Å². The van der Waals surface area contributed by atoms with E-state index in [1.165, 1.54) is 19.3 Å². The van der Waals surface area contributed by atoms with Crippen molar-refractivity contribution in [3.05, 3.63) is 57.5 Å². The average Bonchev–Trinajstić information content (AvgIpc) is 2.80. The number of H-pyrrole nitrogens is 1. The fraction of sp³-hybridized carbons (Fsp3) is 0.458. The molecule has 1 aliphatic carbocycles. The van der Waals surface area contributed by atoms with E-state index in [-0.39, 0.29) is 17.3 Å². The number of anilines is 1. The Bertz CT molecular complexity index is 1050. The number of morpholine rings is 1. The van der Waals surface area contributed by atoms with Crippen molar-refractivity contribution in [2.75, 3.05) is 31.6 Å². The highest BCUT2D eigenvalue weighted by Crippen LogP contribution is 2.24. The van der Waals surface area contributed by atoms with Crippen LogP contribution >= 0.6 is 0 Å². The molecule has 0 atom stereocenters. The maximum atomic E-state index is 12.8. The molecule has 2 aromatic rings. The molecule has 32 heavy (non-hydrogen) atoms. The van der Waals surface area contributed by atoms with Gasteiger partial charge in [-0.1, -0.05) is 19.3 Å². The van der Waals surface area contributed by atoms with Gasteiger partial charge in [-0.2, -0.15) is 0 Å². The number of nitrogens with one attached hydrogen (secondary N) is 2. The monoisotopic (exact) mass is 437 g/mol. The first-order valence-corrected chi connectivity index (χ1v) is 11.3. The summed E-state index contributed by atoms with van der Waals surface area (Å²) in [6, 6.07) is 7.54. The van der Waals surface area contributed by atoms with E-state index >= 15 is 0 Å². The predicted molar refractivity (Wildman–Crippen MR) is 126 cm³/mol. The van der Waals surface area contributed by atoms with Crippen LogP contribution in [0.5, 0.6) is 0 Å². The quantitative estimate of drug-likeness (QED) is 0.492. The number of ether oxygens (including phenoxy) is 1. The maximum absolute atomic E-state index is 12.8. The van der Waals surface area contributed by atoms with Crippen LogP contribution in [0.3, 0.4) is 0 Å². The molecule has 4 N–H and O–H groups in total. The summed E-state index contributed by atoms with van der Waals surface area (Å²) in [4.78, 5) is 34.4. The minimum Gasteiger partial charge on any atom is -0.383 e. The molecule has 1 aromatic heterocycles. The molecule has 2 fully saturated rings. The van der Waals surface area contributed by atoms with Crippen LogP contribution in [0.1, 0.15) is 53.6 Å². The molecular formula is C24H31N5O3. The number of carbonyl (C=O) groups is 1. The summed E-state index contributed by atoms with van der Waals surface area (Å²) >= 11 is 0. The predicted octanol–water partition coefficient (Wildman–Crippen LogP) is 2.94. The number of aromatic nitrogens is 1. The van der Waals surface area contributed by atoms with Gasteiger partial charge in [0.1, 0.15) is 11.4 Å². The first-order chi connectivity index (χ1) is 15.5. The number of rotatable bonds is 5. The van der Waals surface area contributed by atoms with E-state index in [2.05, 4.69) is 15.3 Å². The van der Waals surface area contributed by atoms with Crippen LogP contribution in [-0.2, 0) is 4.74 Å². The lowest BCUT2D eigenvalue weighted by atomic mass is 9.95. The molecule has 1 saturated heterocycles. The molecule has 8 heteroatoms. The van der Waals surface area contributed by atoms with E-state index in [4.69, 9.17) is 10.5 Å². The van der Waals surface area contributed by atoms with Gasteiger partial charge in [-0.25, -0.2) is 4.99 Å². The first-order valence-electron chi connectivity index (χ1n) is 11.3. The molecule has 8 nitrogen and oxygen atoms in total. The number of nitrogens with two attached hydrogens (primary N) is 1. The van der Waals surface area contributed by atoms with E-state index in [0.717, 1.165) is 18.4 Å². The Balaban J connectivity index is 1.57. The van der Waals surface area contributed by atoms with Crippen LogP contribution in [0.15, 0.2) is 40.2 Å². The summed E-state index contributed by atoms with van der Waals surface area (Å²) in [5.74, 6) is 0.143. The maximum Gasteiger partial charge on any atom is 0.261 e. The molecular weight excluding hydrogens is 406 g/mol. The molecule has 1 aromatic carbocycles. The van der Waals surface area contributed by atoms with Gasteiger partial charge in [0.25, 0.3) is 11.5 Å². The number of aliphatic imine (C=N–C) groups is 1. The van der Waals surface area contributed by atoms with Crippen LogP contribution in [-0.4, -0.2) is 54.0 Å². The third-order valence-corrected chi connectivity index (χ3v) is 6.17. The highest BCUT2D eigenvalue weighted by molar-refractivity contribution is 6.03. The molecule has 1 amide bonds. The lowest BCUT2D eigenvalue weighted by Crippen LogP contribution is -2.40. The number of benzene rings is 1. The molecule has 1 saturated carbocycles. The van der Waals surface area contributed by atoms with Gasteiger partial charge in [0.05, 0.1) is 24.6 Å². The van der Waals surface area contributed by atoms with Crippen molar-refractivity contribution >= 4 is 23.1 Å². The van der Waals surface area contributed by atoms with Crippen LogP contribution < -0.4 is 16.6 Å². The van der Waals surface area contributed by atoms with Gasteiger partial charge in [0.2, 0.25) is 0 Å². The third-order valence-electron chi connectivity index (χ3n) is 6.17. The number of amides is 1. The van der Waals surface area contributed by atoms with Gasteiger partial charge in [-0.3, -0.25) is 9.59 Å². The molecule has 0 bridgehead atoms. The normalized spacial score (nSPS) is 17.9. The largest absolute Gasteiger partial charge is 0.383 e. The first kappa shape index (κ1) is 22.1. The standard InChI is InChI=1S/C24H31N5O3/c1-16-15-18(7-8-19(16)24(31)29-11-13-32-14-12-29)28-22(25)21-20(9-10-26-23(21)30)27-17-5-3-2-4-6-17/h7-10,15,17H,2-6,11-14H2,1H3,(H2,25,28)(H2,26,27,30). The Hall–Kier alpha value is -3.13. The van der Waals surface area contributed by atoms with Crippen molar-refractivity contribution in [1.29, 1.82) is 0 Å². The smallest absolute Gasteiger partial charge is 0.261 e. The zero-order chi connectivity index (χ0) is 22.5. The Morgan fingerprint density at radius 3 is 2.66 bits per heavy atom. The van der Waals surface area contributed by atoms with Gasteiger partial charge >= 0.3 is 0 Å². The topological polar surface area (TPSA) is 113 Å². The van der Waals surface area contributed by atoms with Crippen LogP contribution in [0.25, 0.3) is 0 Å². The zero-order valence-corrected chi connectivity index (χ0v) is 18.5. The third kappa shape index (κ3) is 5.02.